The molecule has 0 radical (unpaired) electrons. The van der Waals surface area contributed by atoms with Crippen molar-refractivity contribution >= 4 is 33.6 Å². The van der Waals surface area contributed by atoms with Gasteiger partial charge < -0.3 is 20.4 Å². The van der Waals surface area contributed by atoms with Gasteiger partial charge in [-0.2, -0.15) is 0 Å². The zero-order valence-corrected chi connectivity index (χ0v) is 27.1. The number of piperidine rings is 1. The summed E-state index contributed by atoms with van der Waals surface area (Å²) in [7, 11) is 0. The second-order valence-electron chi connectivity index (χ2n) is 13.5. The van der Waals surface area contributed by atoms with Crippen molar-refractivity contribution in [2.24, 2.45) is 11.8 Å². The first-order chi connectivity index (χ1) is 21.5. The number of carbonyl (C=O) groups excluding carboxylic acids is 2. The van der Waals surface area contributed by atoms with Crippen molar-refractivity contribution < 1.29 is 14.9 Å². The Morgan fingerprint density at radius 1 is 0.909 bits per heavy atom. The molecule has 6 nitrogen and oxygen atoms in total. The molecule has 3 aliphatic heterocycles. The number of likely N-dealkylation sites (tertiary alicyclic amines) is 1. The predicted molar refractivity (Wildman–Crippen MR) is 177 cm³/mol. The van der Waals surface area contributed by atoms with Crippen LogP contribution in [0.2, 0.25) is 0 Å². The fraction of sp³-hybridized carbons (Fsp3) is 0.459. The van der Waals surface area contributed by atoms with E-state index < -0.39 is 5.41 Å². The zero-order chi connectivity index (χ0) is 30.1. The van der Waals surface area contributed by atoms with Gasteiger partial charge in [-0.1, -0.05) is 89.8 Å². The molecule has 3 fully saturated rings. The number of anilines is 1. The number of nitrogens with zero attached hydrogens (tertiary/aromatic N) is 2. The Bertz CT molecular complexity index is 1480. The number of quaternary nitrogens is 1. The topological polar surface area (TPSA) is 69.3 Å². The average Bonchev–Trinajstić information content (AvgIpc) is 3.48. The molecule has 2 saturated heterocycles. The van der Waals surface area contributed by atoms with E-state index in [1.165, 1.54) is 43.2 Å². The van der Waals surface area contributed by atoms with Crippen LogP contribution in [0, 0.1) is 11.8 Å². The van der Waals surface area contributed by atoms with Crippen LogP contribution >= 0.6 is 15.9 Å². The first kappa shape index (κ1) is 29.5. The smallest absolute Gasteiger partial charge is 0.322 e. The maximum atomic E-state index is 15.0. The highest BCUT2D eigenvalue weighted by Crippen LogP contribution is 2.45. The van der Waals surface area contributed by atoms with Crippen LogP contribution in [0.25, 0.3) is 0 Å². The highest BCUT2D eigenvalue weighted by Gasteiger charge is 2.57. The van der Waals surface area contributed by atoms with Crippen LogP contribution in [0.1, 0.15) is 67.6 Å². The van der Waals surface area contributed by atoms with Crippen LogP contribution in [0.15, 0.2) is 83.3 Å². The molecule has 4 unspecified atom stereocenters. The number of halogens is 1. The van der Waals surface area contributed by atoms with E-state index in [1.807, 2.05) is 35.2 Å². The van der Waals surface area contributed by atoms with E-state index in [2.05, 4.69) is 80.0 Å². The van der Waals surface area contributed by atoms with Gasteiger partial charge in [0.2, 0.25) is 5.91 Å². The number of benzene rings is 3. The van der Waals surface area contributed by atoms with Gasteiger partial charge in [-0.15, -0.1) is 0 Å². The van der Waals surface area contributed by atoms with Crippen LogP contribution in [0.4, 0.5) is 10.5 Å². The molecule has 4 aliphatic rings. The Balaban J connectivity index is 1.20. The summed E-state index contributed by atoms with van der Waals surface area (Å²) in [5, 5.41) is 5.43. The van der Waals surface area contributed by atoms with Gasteiger partial charge in [0, 0.05) is 35.8 Å². The van der Waals surface area contributed by atoms with Gasteiger partial charge in [0.15, 0.2) is 0 Å². The third-order valence-corrected chi connectivity index (χ3v) is 11.5. The molecule has 1 aliphatic carbocycles. The van der Waals surface area contributed by atoms with Crippen LogP contribution in [-0.4, -0.2) is 54.0 Å². The minimum Gasteiger partial charge on any atom is -0.345 e. The summed E-state index contributed by atoms with van der Waals surface area (Å²) >= 11 is 3.68. The molecule has 0 aromatic heterocycles. The quantitative estimate of drug-likeness (QED) is 0.347. The SMILES string of the molecule is O=C(Nc1ccccc1)N1Cc2cc(Br)ccc2C2(C[NH2+]CC2C(=O)N2CCC(c3ccccc3)CC2C2CCCCC2)C1. The lowest BCUT2D eigenvalue weighted by Gasteiger charge is -2.48. The van der Waals surface area contributed by atoms with Gasteiger partial charge in [-0.05, 0) is 78.5 Å². The maximum Gasteiger partial charge on any atom is 0.322 e. The molecule has 3 heterocycles. The third kappa shape index (κ3) is 5.69. The standard InChI is InChI=1S/C37H43BrN4O2/c38-30-16-17-32-29(20-30)23-41(36(44)40-31-14-8-3-9-15-31)25-37(32)24-39-22-33(37)35(43)42-19-18-28(26-10-4-1-5-11-26)21-34(42)27-12-6-2-7-13-27/h1,3-5,8-11,14-17,20,27-28,33-34,39H,2,6-7,12-13,18-19,21-25H2,(H,40,44)/p+1. The van der Waals surface area contributed by atoms with Crippen LogP contribution in [-0.2, 0) is 16.8 Å². The minimum atomic E-state index is -0.424. The fourth-order valence-electron chi connectivity index (χ4n) is 8.88. The highest BCUT2D eigenvalue weighted by atomic mass is 79.9. The van der Waals surface area contributed by atoms with E-state index in [4.69, 9.17) is 0 Å². The number of hydrogen-bond donors (Lipinski definition) is 2. The van der Waals surface area contributed by atoms with Gasteiger partial charge in [0.05, 0.1) is 18.5 Å². The number of amides is 3. The van der Waals surface area contributed by atoms with Gasteiger partial charge in [0.25, 0.3) is 0 Å². The van der Waals surface area contributed by atoms with Crippen LogP contribution < -0.4 is 10.6 Å². The summed E-state index contributed by atoms with van der Waals surface area (Å²) in [6, 6.07) is 27.2. The van der Waals surface area contributed by atoms with E-state index in [1.54, 1.807) is 0 Å². The van der Waals surface area contributed by atoms with Crippen molar-refractivity contribution in [2.75, 3.05) is 31.5 Å². The van der Waals surface area contributed by atoms with Crippen molar-refractivity contribution in [3.63, 3.8) is 0 Å². The number of hydrogen-bond acceptors (Lipinski definition) is 2. The van der Waals surface area contributed by atoms with E-state index in [0.29, 0.717) is 30.8 Å². The summed E-state index contributed by atoms with van der Waals surface area (Å²) in [6.45, 7) is 3.46. The van der Waals surface area contributed by atoms with Crippen molar-refractivity contribution in [2.45, 2.75) is 68.9 Å². The normalized spacial score (nSPS) is 27.2. The predicted octanol–water partition coefficient (Wildman–Crippen LogP) is 6.28. The molecule has 230 valence electrons. The molecule has 3 N–H and O–H groups in total. The molecule has 1 spiro atoms. The Morgan fingerprint density at radius 2 is 1.66 bits per heavy atom. The second-order valence-corrected chi connectivity index (χ2v) is 14.4. The Kier molecular flexibility index (Phi) is 8.52. The van der Waals surface area contributed by atoms with Gasteiger partial charge in [0.1, 0.15) is 5.92 Å². The number of nitrogens with two attached hydrogens (primary N) is 1. The van der Waals surface area contributed by atoms with Crippen molar-refractivity contribution in [3.8, 4) is 0 Å². The Labute approximate surface area is 269 Å². The van der Waals surface area contributed by atoms with Gasteiger partial charge in [-0.25, -0.2) is 4.79 Å². The number of nitrogens with one attached hydrogen (secondary N) is 1. The molecule has 7 rings (SSSR count). The minimum absolute atomic E-state index is 0.108. The zero-order valence-electron chi connectivity index (χ0n) is 25.5. The number of urea groups is 1. The first-order valence-electron chi connectivity index (χ1n) is 16.6. The summed E-state index contributed by atoms with van der Waals surface area (Å²) < 4.78 is 1.00. The summed E-state index contributed by atoms with van der Waals surface area (Å²) in [5.74, 6) is 1.21. The summed E-state index contributed by atoms with van der Waals surface area (Å²) in [6.07, 6.45) is 8.37. The molecular weight excluding hydrogens is 612 g/mol. The van der Waals surface area contributed by atoms with Gasteiger partial charge >= 0.3 is 6.03 Å². The van der Waals surface area contributed by atoms with Crippen LogP contribution in [0.3, 0.4) is 0 Å². The largest absolute Gasteiger partial charge is 0.345 e. The number of carbonyl (C=O) groups is 2. The van der Waals surface area contributed by atoms with Crippen molar-refractivity contribution in [1.82, 2.24) is 9.80 Å². The molecule has 3 amide bonds. The highest BCUT2D eigenvalue weighted by molar-refractivity contribution is 9.10. The average molecular weight is 657 g/mol. The maximum absolute atomic E-state index is 15.0. The monoisotopic (exact) mass is 655 g/mol. The first-order valence-corrected chi connectivity index (χ1v) is 17.4. The van der Waals surface area contributed by atoms with Gasteiger partial charge in [-0.3, -0.25) is 4.79 Å². The summed E-state index contributed by atoms with van der Waals surface area (Å²) in [5.41, 5.74) is 4.15. The summed E-state index contributed by atoms with van der Waals surface area (Å²) in [4.78, 5) is 33.0. The lowest BCUT2D eigenvalue weighted by molar-refractivity contribution is -0.640. The molecule has 3 aromatic carbocycles. The lowest BCUT2D eigenvalue weighted by Crippen LogP contribution is -2.83. The van der Waals surface area contributed by atoms with Crippen molar-refractivity contribution in [1.29, 1.82) is 0 Å². The fourth-order valence-corrected chi connectivity index (χ4v) is 9.29. The molecule has 0 bridgehead atoms. The second kappa shape index (κ2) is 12.7. The Morgan fingerprint density at radius 3 is 2.43 bits per heavy atom. The number of fused-ring (bicyclic) bond motifs is 2. The third-order valence-electron chi connectivity index (χ3n) is 11.0. The molecule has 4 atom stereocenters. The van der Waals surface area contributed by atoms with Crippen LogP contribution in [0.5, 0.6) is 0 Å². The molecule has 1 saturated carbocycles. The Hall–Kier alpha value is -3.16. The number of rotatable bonds is 4. The van der Waals surface area contributed by atoms with E-state index in [-0.39, 0.29) is 18.0 Å². The van der Waals surface area contributed by atoms with E-state index in [0.717, 1.165) is 48.2 Å². The van der Waals surface area contributed by atoms with E-state index >= 15 is 0 Å². The molecular formula is C37H44BrN4O2+. The van der Waals surface area contributed by atoms with E-state index in [9.17, 15) is 9.59 Å². The molecule has 7 heteroatoms. The molecule has 44 heavy (non-hydrogen) atoms. The lowest BCUT2D eigenvalue weighted by atomic mass is 9.67. The van der Waals surface area contributed by atoms with Crippen molar-refractivity contribution in [3.05, 3.63) is 100 Å². The number of para-hydroxylation sites is 1. The molecule has 3 aromatic rings.